The van der Waals surface area contributed by atoms with Crippen LogP contribution < -0.4 is 0 Å². The second-order valence-electron chi connectivity index (χ2n) is 4.09. The van der Waals surface area contributed by atoms with Crippen LogP contribution in [0.1, 0.15) is 17.9 Å². The number of benzene rings is 1. The van der Waals surface area contributed by atoms with Crippen molar-refractivity contribution in [3.05, 3.63) is 35.9 Å². The molecule has 0 radical (unpaired) electrons. The van der Waals surface area contributed by atoms with Crippen LogP contribution in [0.3, 0.4) is 0 Å². The highest BCUT2D eigenvalue weighted by Crippen LogP contribution is 2.48. The molecule has 2 rings (SSSR count). The van der Waals surface area contributed by atoms with Crippen LogP contribution in [0.15, 0.2) is 30.3 Å². The molecular weight excluding hydrogens is 174 g/mol. The Morgan fingerprint density at radius 1 is 1.29 bits per heavy atom. The first-order valence-corrected chi connectivity index (χ1v) is 4.96. The maximum absolute atomic E-state index is 11.6. The lowest BCUT2D eigenvalue weighted by Gasteiger charge is -2.09. The monoisotopic (exact) mass is 189 g/mol. The summed E-state index contributed by atoms with van der Waals surface area (Å²) in [5.41, 5.74) is 1.30. The van der Waals surface area contributed by atoms with Crippen molar-refractivity contribution in [3.8, 4) is 0 Å². The first kappa shape index (κ1) is 9.25. The fourth-order valence-corrected chi connectivity index (χ4v) is 1.87. The largest absolute Gasteiger partial charge is 0.349 e. The van der Waals surface area contributed by atoms with E-state index in [1.54, 1.807) is 4.90 Å². The Balaban J connectivity index is 2.03. The molecular formula is C12H15NO. The van der Waals surface area contributed by atoms with Crippen LogP contribution in [-0.2, 0) is 4.79 Å². The molecule has 1 aliphatic carbocycles. The highest BCUT2D eigenvalue weighted by atomic mass is 16.2. The fraction of sp³-hybridized carbons (Fsp3) is 0.417. The summed E-state index contributed by atoms with van der Waals surface area (Å²) in [5, 5.41) is 0. The van der Waals surface area contributed by atoms with E-state index in [2.05, 4.69) is 12.1 Å². The number of carbonyl (C=O) groups excluding carboxylic acids is 1. The third kappa shape index (κ3) is 1.65. The van der Waals surface area contributed by atoms with Gasteiger partial charge in [0.25, 0.3) is 0 Å². The molecule has 14 heavy (non-hydrogen) atoms. The summed E-state index contributed by atoms with van der Waals surface area (Å²) in [4.78, 5) is 13.3. The summed E-state index contributed by atoms with van der Waals surface area (Å²) >= 11 is 0. The first-order chi connectivity index (χ1) is 6.70. The van der Waals surface area contributed by atoms with Gasteiger partial charge in [-0.1, -0.05) is 30.3 Å². The van der Waals surface area contributed by atoms with Crippen LogP contribution in [0, 0.1) is 5.92 Å². The Bertz CT molecular complexity index is 331. The predicted molar refractivity (Wildman–Crippen MR) is 56.0 cm³/mol. The number of nitrogens with zero attached hydrogens (tertiary/aromatic N) is 1. The summed E-state index contributed by atoms with van der Waals surface area (Å²) in [6.45, 7) is 0. The van der Waals surface area contributed by atoms with Crippen LogP contribution in [-0.4, -0.2) is 24.9 Å². The van der Waals surface area contributed by atoms with Crippen LogP contribution in [0.4, 0.5) is 0 Å². The third-order valence-corrected chi connectivity index (χ3v) is 2.78. The molecule has 2 unspecified atom stereocenters. The van der Waals surface area contributed by atoms with Crippen LogP contribution in [0.2, 0.25) is 0 Å². The Labute approximate surface area is 84.5 Å². The van der Waals surface area contributed by atoms with Gasteiger partial charge in [-0.3, -0.25) is 4.79 Å². The zero-order valence-electron chi connectivity index (χ0n) is 8.60. The Kier molecular flexibility index (Phi) is 2.28. The van der Waals surface area contributed by atoms with Crippen molar-refractivity contribution in [1.82, 2.24) is 4.90 Å². The number of hydrogen-bond donors (Lipinski definition) is 0. The topological polar surface area (TPSA) is 20.3 Å². The standard InChI is InChI=1S/C12H15NO/c1-13(2)12(14)11-8-10(11)9-6-4-3-5-7-9/h3-7,10-11H,8H2,1-2H3. The Morgan fingerprint density at radius 3 is 2.50 bits per heavy atom. The maximum atomic E-state index is 11.6. The van der Waals surface area contributed by atoms with E-state index in [1.807, 2.05) is 32.3 Å². The molecule has 0 N–H and O–H groups in total. The molecule has 1 aliphatic rings. The molecule has 0 aromatic heterocycles. The average Bonchev–Trinajstić information content (AvgIpc) is 2.97. The van der Waals surface area contributed by atoms with Gasteiger partial charge >= 0.3 is 0 Å². The van der Waals surface area contributed by atoms with Crippen molar-refractivity contribution in [2.75, 3.05) is 14.1 Å². The lowest BCUT2D eigenvalue weighted by atomic mass is 10.1. The highest BCUT2D eigenvalue weighted by molar-refractivity contribution is 5.82. The summed E-state index contributed by atoms with van der Waals surface area (Å²) in [7, 11) is 3.64. The summed E-state index contributed by atoms with van der Waals surface area (Å²) < 4.78 is 0. The van der Waals surface area contributed by atoms with Crippen molar-refractivity contribution in [2.45, 2.75) is 12.3 Å². The normalized spacial score (nSPS) is 24.4. The molecule has 0 aliphatic heterocycles. The average molecular weight is 189 g/mol. The van der Waals surface area contributed by atoms with Crippen molar-refractivity contribution in [1.29, 1.82) is 0 Å². The SMILES string of the molecule is CN(C)C(=O)C1CC1c1ccccc1. The summed E-state index contributed by atoms with van der Waals surface area (Å²) in [6, 6.07) is 10.3. The predicted octanol–water partition coefficient (Wildman–Crippen LogP) is 1.88. The minimum Gasteiger partial charge on any atom is -0.349 e. The molecule has 0 heterocycles. The van der Waals surface area contributed by atoms with Crippen molar-refractivity contribution in [3.63, 3.8) is 0 Å². The molecule has 1 saturated carbocycles. The van der Waals surface area contributed by atoms with E-state index in [9.17, 15) is 4.79 Å². The van der Waals surface area contributed by atoms with Gasteiger partial charge in [0.05, 0.1) is 0 Å². The Morgan fingerprint density at radius 2 is 1.93 bits per heavy atom. The van der Waals surface area contributed by atoms with Gasteiger partial charge < -0.3 is 4.90 Å². The molecule has 2 heteroatoms. The van der Waals surface area contributed by atoms with Gasteiger partial charge in [-0.25, -0.2) is 0 Å². The van der Waals surface area contributed by atoms with E-state index >= 15 is 0 Å². The van der Waals surface area contributed by atoms with Crippen LogP contribution in [0.25, 0.3) is 0 Å². The van der Waals surface area contributed by atoms with Gasteiger partial charge in [-0.05, 0) is 17.9 Å². The third-order valence-electron chi connectivity index (χ3n) is 2.78. The number of hydrogen-bond acceptors (Lipinski definition) is 1. The molecule has 1 aromatic carbocycles. The smallest absolute Gasteiger partial charge is 0.225 e. The number of carbonyl (C=O) groups is 1. The minimum atomic E-state index is 0.229. The number of rotatable bonds is 2. The van der Waals surface area contributed by atoms with Crippen molar-refractivity contribution in [2.24, 2.45) is 5.92 Å². The van der Waals surface area contributed by atoms with Gasteiger partial charge in [-0.2, -0.15) is 0 Å². The zero-order valence-corrected chi connectivity index (χ0v) is 8.60. The maximum Gasteiger partial charge on any atom is 0.225 e. The number of amides is 1. The first-order valence-electron chi connectivity index (χ1n) is 4.96. The van der Waals surface area contributed by atoms with E-state index in [4.69, 9.17) is 0 Å². The summed E-state index contributed by atoms with van der Waals surface area (Å²) in [6.07, 6.45) is 1.01. The van der Waals surface area contributed by atoms with Crippen molar-refractivity contribution < 1.29 is 4.79 Å². The molecule has 1 amide bonds. The van der Waals surface area contributed by atoms with E-state index in [0.717, 1.165) is 6.42 Å². The molecule has 2 atom stereocenters. The van der Waals surface area contributed by atoms with Gasteiger partial charge in [0.15, 0.2) is 0 Å². The lowest BCUT2D eigenvalue weighted by Crippen LogP contribution is -2.23. The highest BCUT2D eigenvalue weighted by Gasteiger charge is 2.44. The molecule has 74 valence electrons. The van der Waals surface area contributed by atoms with Crippen molar-refractivity contribution >= 4 is 5.91 Å². The second-order valence-corrected chi connectivity index (χ2v) is 4.09. The van der Waals surface area contributed by atoms with Gasteiger partial charge in [-0.15, -0.1) is 0 Å². The summed E-state index contributed by atoms with van der Waals surface area (Å²) in [5.74, 6) is 0.956. The van der Waals surface area contributed by atoms with Gasteiger partial charge in [0.1, 0.15) is 0 Å². The van der Waals surface area contributed by atoms with Crippen LogP contribution in [0.5, 0.6) is 0 Å². The van der Waals surface area contributed by atoms with E-state index in [-0.39, 0.29) is 11.8 Å². The van der Waals surface area contributed by atoms with Crippen LogP contribution >= 0.6 is 0 Å². The molecule has 0 saturated heterocycles. The molecule has 2 nitrogen and oxygen atoms in total. The zero-order chi connectivity index (χ0) is 10.1. The quantitative estimate of drug-likeness (QED) is 0.695. The minimum absolute atomic E-state index is 0.229. The van der Waals surface area contributed by atoms with E-state index in [1.165, 1.54) is 5.56 Å². The molecule has 1 fully saturated rings. The second kappa shape index (κ2) is 3.45. The van der Waals surface area contributed by atoms with Gasteiger partial charge in [0.2, 0.25) is 5.91 Å². The molecule has 0 bridgehead atoms. The Hall–Kier alpha value is -1.31. The van der Waals surface area contributed by atoms with E-state index in [0.29, 0.717) is 5.92 Å². The molecule has 0 spiro atoms. The van der Waals surface area contributed by atoms with Gasteiger partial charge in [0, 0.05) is 20.0 Å². The lowest BCUT2D eigenvalue weighted by molar-refractivity contribution is -0.130. The fourth-order valence-electron chi connectivity index (χ4n) is 1.87. The molecule has 1 aromatic rings. The van der Waals surface area contributed by atoms with E-state index < -0.39 is 0 Å².